The predicted octanol–water partition coefficient (Wildman–Crippen LogP) is 3.98. The number of nitriles is 1. The number of nitrogens with zero attached hydrogens (tertiary/aromatic N) is 2. The van der Waals surface area contributed by atoms with E-state index in [-0.39, 0.29) is 17.0 Å². The highest BCUT2D eigenvalue weighted by Crippen LogP contribution is 2.36. The number of methoxy groups -OCH3 is 2. The molecule has 24 heavy (non-hydrogen) atoms. The van der Waals surface area contributed by atoms with Gasteiger partial charge < -0.3 is 9.47 Å². The first kappa shape index (κ1) is 17.0. The summed E-state index contributed by atoms with van der Waals surface area (Å²) in [5.41, 5.74) is 2.13. The Morgan fingerprint density at radius 1 is 1.21 bits per heavy atom. The summed E-state index contributed by atoms with van der Waals surface area (Å²) in [7, 11) is 2.85. The Morgan fingerprint density at radius 3 is 2.42 bits per heavy atom. The Hall–Kier alpha value is -3.33. The van der Waals surface area contributed by atoms with Crippen molar-refractivity contribution in [3.05, 3.63) is 63.2 Å². The Balaban J connectivity index is 2.65. The number of nitro groups is 1. The van der Waals surface area contributed by atoms with Crippen LogP contribution in [0.1, 0.15) is 16.7 Å². The molecule has 0 heterocycles. The summed E-state index contributed by atoms with van der Waals surface area (Å²) in [6.45, 7) is 1.91. The van der Waals surface area contributed by atoms with Gasteiger partial charge in [0, 0.05) is 0 Å². The summed E-state index contributed by atoms with van der Waals surface area (Å²) in [6, 6.07) is 12.3. The zero-order valence-corrected chi connectivity index (χ0v) is 13.6. The molecular formula is C18H16N2O4. The number of ether oxygens (including phenoxy) is 2. The van der Waals surface area contributed by atoms with Gasteiger partial charge in [-0.3, -0.25) is 10.1 Å². The van der Waals surface area contributed by atoms with E-state index < -0.39 is 4.92 Å². The molecule has 0 N–H and O–H groups in total. The molecular weight excluding hydrogens is 308 g/mol. The largest absolute Gasteiger partial charge is 0.493 e. The summed E-state index contributed by atoms with van der Waals surface area (Å²) >= 11 is 0. The topological polar surface area (TPSA) is 85.4 Å². The van der Waals surface area contributed by atoms with Crippen molar-refractivity contribution in [1.82, 2.24) is 0 Å². The monoisotopic (exact) mass is 324 g/mol. The molecule has 0 unspecified atom stereocenters. The van der Waals surface area contributed by atoms with Crippen molar-refractivity contribution in [3.8, 4) is 17.6 Å². The lowest BCUT2D eigenvalue weighted by Crippen LogP contribution is -1.97. The van der Waals surface area contributed by atoms with Crippen LogP contribution in [0.2, 0.25) is 0 Å². The SMILES string of the molecule is COc1cc(C=C(C#N)c2cccc(C)c2)c([N+](=O)[O-])cc1OC. The normalized spacial score (nSPS) is 10.8. The standard InChI is InChI=1S/C18H16N2O4/c1-12-5-4-6-13(7-12)15(11-19)8-14-9-17(23-2)18(24-3)10-16(14)20(21)22/h4-10H,1-3H3. The molecule has 2 aromatic carbocycles. The number of benzene rings is 2. The first-order valence-electron chi connectivity index (χ1n) is 7.09. The van der Waals surface area contributed by atoms with E-state index in [1.807, 2.05) is 25.1 Å². The Labute approximate surface area is 139 Å². The summed E-state index contributed by atoms with van der Waals surface area (Å²) in [5.74, 6) is 0.617. The van der Waals surface area contributed by atoms with Crippen molar-refractivity contribution in [2.24, 2.45) is 0 Å². The molecule has 0 aliphatic carbocycles. The van der Waals surface area contributed by atoms with Gasteiger partial charge in [-0.1, -0.05) is 29.8 Å². The smallest absolute Gasteiger partial charge is 0.280 e. The van der Waals surface area contributed by atoms with Gasteiger partial charge in [0.05, 0.1) is 42.4 Å². The van der Waals surface area contributed by atoms with Crippen molar-refractivity contribution >= 4 is 17.3 Å². The van der Waals surface area contributed by atoms with Crippen molar-refractivity contribution in [3.63, 3.8) is 0 Å². The molecule has 6 nitrogen and oxygen atoms in total. The maximum absolute atomic E-state index is 11.3. The summed E-state index contributed by atoms with van der Waals surface area (Å²) in [6.07, 6.45) is 1.48. The van der Waals surface area contributed by atoms with Gasteiger partial charge >= 0.3 is 0 Å². The van der Waals surface area contributed by atoms with Crippen LogP contribution in [0.5, 0.6) is 11.5 Å². The molecule has 0 saturated carbocycles. The van der Waals surface area contributed by atoms with Crippen LogP contribution in [0.4, 0.5) is 5.69 Å². The van der Waals surface area contributed by atoms with Gasteiger partial charge in [0.25, 0.3) is 5.69 Å². The molecule has 0 saturated heterocycles. The van der Waals surface area contributed by atoms with E-state index in [1.54, 1.807) is 6.07 Å². The van der Waals surface area contributed by atoms with Gasteiger partial charge in [0.1, 0.15) is 0 Å². The van der Waals surface area contributed by atoms with Crippen LogP contribution in [-0.4, -0.2) is 19.1 Å². The zero-order chi connectivity index (χ0) is 17.7. The Kier molecular flexibility index (Phi) is 5.17. The fraction of sp³-hybridized carbons (Fsp3) is 0.167. The summed E-state index contributed by atoms with van der Waals surface area (Å²) in [5, 5.41) is 20.8. The van der Waals surface area contributed by atoms with Crippen LogP contribution in [0.15, 0.2) is 36.4 Å². The minimum absolute atomic E-state index is 0.159. The second-order valence-electron chi connectivity index (χ2n) is 5.06. The van der Waals surface area contributed by atoms with E-state index in [4.69, 9.17) is 9.47 Å². The summed E-state index contributed by atoms with van der Waals surface area (Å²) < 4.78 is 10.3. The highest BCUT2D eigenvalue weighted by molar-refractivity contribution is 5.91. The number of nitro benzene ring substituents is 1. The van der Waals surface area contributed by atoms with Crippen molar-refractivity contribution in [2.45, 2.75) is 6.92 Å². The van der Waals surface area contributed by atoms with Crippen molar-refractivity contribution in [2.75, 3.05) is 14.2 Å². The molecule has 0 spiro atoms. The molecule has 2 aromatic rings. The number of aryl methyl sites for hydroxylation is 1. The van der Waals surface area contributed by atoms with Crippen LogP contribution in [0.25, 0.3) is 11.6 Å². The van der Waals surface area contributed by atoms with E-state index in [9.17, 15) is 15.4 Å². The van der Waals surface area contributed by atoms with Gasteiger partial charge in [0.2, 0.25) is 0 Å². The Morgan fingerprint density at radius 2 is 1.88 bits per heavy atom. The second-order valence-corrected chi connectivity index (χ2v) is 5.06. The lowest BCUT2D eigenvalue weighted by Gasteiger charge is -2.09. The van der Waals surface area contributed by atoms with E-state index >= 15 is 0 Å². The third-order valence-corrected chi connectivity index (χ3v) is 3.48. The maximum atomic E-state index is 11.3. The van der Waals surface area contributed by atoms with E-state index in [0.29, 0.717) is 16.9 Å². The van der Waals surface area contributed by atoms with Gasteiger partial charge in [-0.15, -0.1) is 0 Å². The number of hydrogen-bond donors (Lipinski definition) is 0. The zero-order valence-electron chi connectivity index (χ0n) is 13.6. The molecule has 122 valence electrons. The van der Waals surface area contributed by atoms with Gasteiger partial charge in [-0.25, -0.2) is 0 Å². The van der Waals surface area contributed by atoms with Crippen molar-refractivity contribution < 1.29 is 14.4 Å². The molecule has 6 heteroatoms. The first-order chi connectivity index (χ1) is 11.5. The van der Waals surface area contributed by atoms with E-state index in [0.717, 1.165) is 5.56 Å². The number of rotatable bonds is 5. The fourth-order valence-electron chi connectivity index (χ4n) is 2.31. The minimum Gasteiger partial charge on any atom is -0.493 e. The third kappa shape index (κ3) is 3.52. The number of allylic oxidation sites excluding steroid dienone is 1. The third-order valence-electron chi connectivity index (χ3n) is 3.48. The highest BCUT2D eigenvalue weighted by Gasteiger charge is 2.19. The molecule has 0 amide bonds. The van der Waals surface area contributed by atoms with Gasteiger partial charge in [-0.05, 0) is 24.6 Å². The molecule has 0 aromatic heterocycles. The average Bonchev–Trinajstić information content (AvgIpc) is 2.58. The van der Waals surface area contributed by atoms with Gasteiger partial charge in [0.15, 0.2) is 11.5 Å². The molecule has 0 bridgehead atoms. The molecule has 0 aliphatic rings. The highest BCUT2D eigenvalue weighted by atomic mass is 16.6. The minimum atomic E-state index is -0.515. The Bertz CT molecular complexity index is 851. The van der Waals surface area contributed by atoms with Crippen LogP contribution in [0, 0.1) is 28.4 Å². The molecule has 0 radical (unpaired) electrons. The summed E-state index contributed by atoms with van der Waals surface area (Å²) in [4.78, 5) is 10.8. The second kappa shape index (κ2) is 7.29. The quantitative estimate of drug-likeness (QED) is 0.359. The number of hydrogen-bond acceptors (Lipinski definition) is 5. The predicted molar refractivity (Wildman–Crippen MR) is 90.9 cm³/mol. The molecule has 0 fully saturated rings. The van der Waals surface area contributed by atoms with Crippen LogP contribution in [0.3, 0.4) is 0 Å². The van der Waals surface area contributed by atoms with Crippen LogP contribution >= 0.6 is 0 Å². The van der Waals surface area contributed by atoms with Gasteiger partial charge in [-0.2, -0.15) is 5.26 Å². The van der Waals surface area contributed by atoms with Crippen LogP contribution < -0.4 is 9.47 Å². The average molecular weight is 324 g/mol. The maximum Gasteiger partial charge on any atom is 0.280 e. The molecule has 2 rings (SSSR count). The van der Waals surface area contributed by atoms with E-state index in [1.165, 1.54) is 32.4 Å². The lowest BCUT2D eigenvalue weighted by molar-refractivity contribution is -0.385. The van der Waals surface area contributed by atoms with Crippen molar-refractivity contribution in [1.29, 1.82) is 5.26 Å². The lowest BCUT2D eigenvalue weighted by atomic mass is 10.0. The first-order valence-corrected chi connectivity index (χ1v) is 7.09. The molecule has 0 atom stereocenters. The molecule has 0 aliphatic heterocycles. The fourth-order valence-corrected chi connectivity index (χ4v) is 2.31. The van der Waals surface area contributed by atoms with Crippen LogP contribution in [-0.2, 0) is 0 Å². The van der Waals surface area contributed by atoms with E-state index in [2.05, 4.69) is 6.07 Å².